The molecule has 174 valence electrons. The standard InChI is InChI=1S/C23H25BrClFN6O/c1-13(19-5-4-15(25)12-27-19)28-21-16-10-18(26)17(24)11-20(16)29-22(30-21)32-8-6-23(3,7-9-32)31-14(2)33/h4-5,10-13H,6-9H2,1-3H3,(H,31,33)(H,28,29,30)/t13-/m0/s1. The molecule has 0 unspecified atom stereocenters. The number of nitrogens with one attached hydrogen (secondary N) is 2. The molecule has 0 saturated carbocycles. The predicted molar refractivity (Wildman–Crippen MR) is 132 cm³/mol. The number of benzene rings is 1. The fraction of sp³-hybridized carbons (Fsp3) is 0.391. The summed E-state index contributed by atoms with van der Waals surface area (Å²) in [6, 6.07) is 6.52. The number of rotatable bonds is 5. The van der Waals surface area contributed by atoms with Crippen molar-refractivity contribution in [1.82, 2.24) is 20.3 Å². The van der Waals surface area contributed by atoms with Gasteiger partial charge >= 0.3 is 0 Å². The van der Waals surface area contributed by atoms with E-state index in [1.165, 1.54) is 13.0 Å². The van der Waals surface area contributed by atoms with Crippen LogP contribution in [0.3, 0.4) is 0 Å². The summed E-state index contributed by atoms with van der Waals surface area (Å²) in [6.07, 6.45) is 3.14. The highest BCUT2D eigenvalue weighted by atomic mass is 79.9. The van der Waals surface area contributed by atoms with Crippen molar-refractivity contribution in [1.29, 1.82) is 0 Å². The summed E-state index contributed by atoms with van der Waals surface area (Å²) in [5, 5.41) is 7.56. The van der Waals surface area contributed by atoms with Gasteiger partial charge < -0.3 is 15.5 Å². The summed E-state index contributed by atoms with van der Waals surface area (Å²) in [7, 11) is 0. The van der Waals surface area contributed by atoms with E-state index in [9.17, 15) is 9.18 Å². The largest absolute Gasteiger partial charge is 0.361 e. The number of pyridine rings is 1. The van der Waals surface area contributed by atoms with E-state index in [0.717, 1.165) is 18.5 Å². The smallest absolute Gasteiger partial charge is 0.227 e. The lowest BCUT2D eigenvalue weighted by molar-refractivity contribution is -0.120. The molecule has 0 spiro atoms. The molecule has 10 heteroatoms. The molecule has 1 amide bonds. The van der Waals surface area contributed by atoms with Crippen LogP contribution in [-0.2, 0) is 4.79 Å². The van der Waals surface area contributed by atoms with Crippen LogP contribution in [0.25, 0.3) is 10.9 Å². The van der Waals surface area contributed by atoms with Crippen LogP contribution in [0.4, 0.5) is 16.2 Å². The van der Waals surface area contributed by atoms with Crippen molar-refractivity contribution in [3.8, 4) is 0 Å². The first-order valence-electron chi connectivity index (χ1n) is 10.7. The fourth-order valence-electron chi connectivity index (χ4n) is 4.04. The van der Waals surface area contributed by atoms with Crippen LogP contribution in [0.1, 0.15) is 45.3 Å². The summed E-state index contributed by atoms with van der Waals surface area (Å²) in [4.78, 5) is 27.5. The number of carbonyl (C=O) groups is 1. The highest BCUT2D eigenvalue weighted by Crippen LogP contribution is 2.32. The third kappa shape index (κ3) is 5.35. The third-order valence-corrected chi connectivity index (χ3v) is 6.73. The lowest BCUT2D eigenvalue weighted by Crippen LogP contribution is -2.53. The Hall–Kier alpha value is -2.52. The maximum absolute atomic E-state index is 14.4. The van der Waals surface area contributed by atoms with Gasteiger partial charge in [0.2, 0.25) is 11.9 Å². The Balaban J connectivity index is 1.66. The maximum Gasteiger partial charge on any atom is 0.227 e. The molecule has 1 atom stereocenters. The predicted octanol–water partition coefficient (Wildman–Crippen LogP) is 5.25. The van der Waals surface area contributed by atoms with Crippen LogP contribution >= 0.6 is 27.5 Å². The molecule has 2 aromatic heterocycles. The van der Waals surface area contributed by atoms with Gasteiger partial charge in [-0.3, -0.25) is 9.78 Å². The molecular weight excluding hydrogens is 511 g/mol. The first-order chi connectivity index (χ1) is 15.6. The summed E-state index contributed by atoms with van der Waals surface area (Å²) in [5.41, 5.74) is 1.16. The number of hydrogen-bond acceptors (Lipinski definition) is 6. The molecule has 0 radical (unpaired) electrons. The molecule has 3 aromatic rings. The molecule has 2 N–H and O–H groups in total. The number of aromatic nitrogens is 3. The first kappa shape index (κ1) is 23.6. The number of fused-ring (bicyclic) bond motifs is 1. The van der Waals surface area contributed by atoms with Crippen LogP contribution < -0.4 is 15.5 Å². The van der Waals surface area contributed by atoms with Gasteiger partial charge in [-0.25, -0.2) is 9.37 Å². The zero-order chi connectivity index (χ0) is 23.8. The molecule has 1 aliphatic rings. The van der Waals surface area contributed by atoms with Crippen molar-refractivity contribution < 1.29 is 9.18 Å². The van der Waals surface area contributed by atoms with E-state index < -0.39 is 0 Å². The van der Waals surface area contributed by atoms with Crippen molar-refractivity contribution in [2.24, 2.45) is 0 Å². The van der Waals surface area contributed by atoms with Gasteiger partial charge in [0, 0.05) is 37.1 Å². The zero-order valence-corrected chi connectivity index (χ0v) is 21.0. The van der Waals surface area contributed by atoms with Gasteiger partial charge in [-0.05, 0) is 66.9 Å². The van der Waals surface area contributed by atoms with Crippen molar-refractivity contribution in [2.45, 2.75) is 45.2 Å². The van der Waals surface area contributed by atoms with E-state index in [1.54, 1.807) is 18.3 Å². The molecule has 1 aromatic carbocycles. The molecule has 1 saturated heterocycles. The van der Waals surface area contributed by atoms with Gasteiger partial charge in [-0.2, -0.15) is 4.98 Å². The van der Waals surface area contributed by atoms with Crippen LogP contribution in [-0.4, -0.2) is 39.5 Å². The summed E-state index contributed by atoms with van der Waals surface area (Å²) >= 11 is 9.22. The highest BCUT2D eigenvalue weighted by molar-refractivity contribution is 9.10. The highest BCUT2D eigenvalue weighted by Gasteiger charge is 2.32. The Morgan fingerprint density at radius 3 is 2.64 bits per heavy atom. The number of anilines is 2. The van der Waals surface area contributed by atoms with Gasteiger partial charge in [0.1, 0.15) is 11.6 Å². The van der Waals surface area contributed by atoms with E-state index in [1.807, 2.05) is 13.0 Å². The van der Waals surface area contributed by atoms with E-state index in [4.69, 9.17) is 21.6 Å². The summed E-state index contributed by atoms with van der Waals surface area (Å²) in [5.74, 6) is 0.671. The quantitative estimate of drug-likeness (QED) is 0.464. The zero-order valence-electron chi connectivity index (χ0n) is 18.6. The molecule has 7 nitrogen and oxygen atoms in total. The lowest BCUT2D eigenvalue weighted by atomic mass is 9.89. The number of halogens is 3. The minimum Gasteiger partial charge on any atom is -0.361 e. The second-order valence-electron chi connectivity index (χ2n) is 8.65. The molecule has 0 bridgehead atoms. The minimum absolute atomic E-state index is 0.0314. The van der Waals surface area contributed by atoms with Crippen LogP contribution in [0.5, 0.6) is 0 Å². The number of piperidine rings is 1. The molecule has 1 fully saturated rings. The first-order valence-corrected chi connectivity index (χ1v) is 11.9. The fourth-order valence-corrected chi connectivity index (χ4v) is 4.48. The Morgan fingerprint density at radius 2 is 2.00 bits per heavy atom. The normalized spacial score (nSPS) is 16.5. The number of nitrogens with zero attached hydrogens (tertiary/aromatic N) is 4. The average molecular weight is 536 g/mol. The molecule has 0 aliphatic carbocycles. The lowest BCUT2D eigenvalue weighted by Gasteiger charge is -2.39. The van der Waals surface area contributed by atoms with E-state index in [0.29, 0.717) is 45.3 Å². The second-order valence-corrected chi connectivity index (χ2v) is 9.94. The van der Waals surface area contributed by atoms with E-state index in [-0.39, 0.29) is 23.3 Å². The Labute approximate surface area is 205 Å². The second kappa shape index (κ2) is 9.38. The van der Waals surface area contributed by atoms with Gasteiger partial charge in [-0.15, -0.1) is 0 Å². The van der Waals surface area contributed by atoms with E-state index >= 15 is 0 Å². The Kier molecular flexibility index (Phi) is 6.72. The molecule has 1 aliphatic heterocycles. The Bertz CT molecular complexity index is 1180. The topological polar surface area (TPSA) is 83.0 Å². The summed E-state index contributed by atoms with van der Waals surface area (Å²) in [6.45, 7) is 6.94. The van der Waals surface area contributed by atoms with E-state index in [2.05, 4.69) is 43.4 Å². The number of amides is 1. The SMILES string of the molecule is CC(=O)NC1(C)CCN(c2nc(N[C@@H](C)c3ccc(Cl)cn3)c3cc(F)c(Br)cc3n2)CC1. The average Bonchev–Trinajstić information content (AvgIpc) is 2.75. The van der Waals surface area contributed by atoms with Gasteiger partial charge in [0.05, 0.1) is 26.7 Å². The number of carbonyl (C=O) groups excluding carboxylic acids is 1. The van der Waals surface area contributed by atoms with Crippen molar-refractivity contribution in [3.63, 3.8) is 0 Å². The maximum atomic E-state index is 14.4. The molecule has 4 rings (SSSR count). The van der Waals surface area contributed by atoms with Crippen molar-refractivity contribution in [3.05, 3.63) is 51.5 Å². The summed E-state index contributed by atoms with van der Waals surface area (Å²) < 4.78 is 14.7. The number of hydrogen-bond donors (Lipinski definition) is 2. The molecule has 3 heterocycles. The van der Waals surface area contributed by atoms with Gasteiger partial charge in [0.25, 0.3) is 0 Å². The van der Waals surface area contributed by atoms with Gasteiger partial charge in [-0.1, -0.05) is 11.6 Å². The van der Waals surface area contributed by atoms with Crippen molar-refractivity contribution in [2.75, 3.05) is 23.3 Å². The third-order valence-electron chi connectivity index (χ3n) is 5.90. The molecule has 33 heavy (non-hydrogen) atoms. The van der Waals surface area contributed by atoms with Crippen molar-refractivity contribution >= 4 is 56.1 Å². The van der Waals surface area contributed by atoms with Crippen LogP contribution in [0.2, 0.25) is 5.02 Å². The van der Waals surface area contributed by atoms with Gasteiger partial charge in [0.15, 0.2) is 0 Å². The minimum atomic E-state index is -0.386. The monoisotopic (exact) mass is 534 g/mol. The van der Waals surface area contributed by atoms with Crippen LogP contribution in [0, 0.1) is 5.82 Å². The molecular formula is C23H25BrClFN6O. The van der Waals surface area contributed by atoms with Crippen LogP contribution in [0.15, 0.2) is 34.9 Å². The Morgan fingerprint density at radius 1 is 1.27 bits per heavy atom.